The van der Waals surface area contributed by atoms with Crippen LogP contribution in [0.2, 0.25) is 0 Å². The van der Waals surface area contributed by atoms with Crippen molar-refractivity contribution in [1.29, 1.82) is 0 Å². The second-order valence-electron chi connectivity index (χ2n) is 5.92. The molecule has 0 spiro atoms. The van der Waals surface area contributed by atoms with Gasteiger partial charge < -0.3 is 20.1 Å². The molecule has 0 unspecified atom stereocenters. The lowest BCUT2D eigenvalue weighted by Gasteiger charge is -2.36. The standard InChI is InChI=1S/C16H24N4O5/c1-2-25-10-15(23)17-12-9-20(8-7-13(12)21)16(24)6-4-11-3-5-14(22)19-18-11/h3,5,12-13,21H,2,4,6-10H2,1H3,(H,17,23)(H,19,22)/t12-,13-/m1/s1. The van der Waals surface area contributed by atoms with E-state index in [4.69, 9.17) is 4.74 Å². The Bertz CT molecular complexity index is 627. The van der Waals surface area contributed by atoms with Crippen molar-refractivity contribution in [3.8, 4) is 0 Å². The molecular weight excluding hydrogens is 328 g/mol. The highest BCUT2D eigenvalue weighted by molar-refractivity contribution is 5.78. The third kappa shape index (κ3) is 5.95. The summed E-state index contributed by atoms with van der Waals surface area (Å²) < 4.78 is 5.04. The molecule has 0 aliphatic carbocycles. The van der Waals surface area contributed by atoms with Gasteiger partial charge in [-0.25, -0.2) is 5.10 Å². The zero-order valence-corrected chi connectivity index (χ0v) is 14.2. The Labute approximate surface area is 145 Å². The maximum Gasteiger partial charge on any atom is 0.264 e. The highest BCUT2D eigenvalue weighted by Gasteiger charge is 2.31. The fraction of sp³-hybridized carbons (Fsp3) is 0.625. The number of ether oxygens (including phenoxy) is 1. The van der Waals surface area contributed by atoms with E-state index in [1.54, 1.807) is 17.9 Å². The summed E-state index contributed by atoms with van der Waals surface area (Å²) in [6, 6.07) is 2.45. The minimum absolute atomic E-state index is 0.0639. The first-order chi connectivity index (χ1) is 12.0. The number of rotatable bonds is 7. The van der Waals surface area contributed by atoms with Crippen molar-refractivity contribution in [2.45, 2.75) is 38.3 Å². The summed E-state index contributed by atoms with van der Waals surface area (Å²) in [5, 5.41) is 19.0. The molecule has 138 valence electrons. The van der Waals surface area contributed by atoms with Crippen LogP contribution in [0, 0.1) is 0 Å². The minimum atomic E-state index is -0.685. The quantitative estimate of drug-likeness (QED) is 0.567. The van der Waals surface area contributed by atoms with E-state index in [1.165, 1.54) is 6.07 Å². The monoisotopic (exact) mass is 352 g/mol. The molecule has 0 aromatic carbocycles. The lowest BCUT2D eigenvalue weighted by Crippen LogP contribution is -2.56. The van der Waals surface area contributed by atoms with Crippen LogP contribution in [0.15, 0.2) is 16.9 Å². The molecule has 3 N–H and O–H groups in total. The minimum Gasteiger partial charge on any atom is -0.391 e. The number of aliphatic hydroxyl groups excluding tert-OH is 1. The van der Waals surface area contributed by atoms with Crippen LogP contribution in [-0.2, 0) is 20.7 Å². The van der Waals surface area contributed by atoms with Crippen LogP contribution in [0.25, 0.3) is 0 Å². The van der Waals surface area contributed by atoms with Gasteiger partial charge in [0.15, 0.2) is 0 Å². The number of likely N-dealkylation sites (tertiary alicyclic amines) is 1. The number of nitrogens with zero attached hydrogens (tertiary/aromatic N) is 2. The number of piperidine rings is 1. The van der Waals surface area contributed by atoms with Crippen molar-refractivity contribution < 1.29 is 19.4 Å². The number of amides is 2. The first-order valence-electron chi connectivity index (χ1n) is 8.37. The number of hydrogen-bond acceptors (Lipinski definition) is 6. The van der Waals surface area contributed by atoms with Crippen LogP contribution in [0.5, 0.6) is 0 Å². The van der Waals surface area contributed by atoms with Crippen LogP contribution >= 0.6 is 0 Å². The first-order valence-corrected chi connectivity index (χ1v) is 8.37. The van der Waals surface area contributed by atoms with Gasteiger partial charge in [-0.15, -0.1) is 0 Å². The predicted octanol–water partition coefficient (Wildman–Crippen LogP) is -1.18. The lowest BCUT2D eigenvalue weighted by molar-refractivity contribution is -0.136. The fourth-order valence-corrected chi connectivity index (χ4v) is 2.66. The molecule has 1 saturated heterocycles. The van der Waals surface area contributed by atoms with Gasteiger partial charge in [0.2, 0.25) is 11.8 Å². The molecule has 2 heterocycles. The van der Waals surface area contributed by atoms with Crippen LogP contribution < -0.4 is 10.9 Å². The molecule has 25 heavy (non-hydrogen) atoms. The smallest absolute Gasteiger partial charge is 0.264 e. The number of hydrogen-bond donors (Lipinski definition) is 3. The Morgan fingerprint density at radius 1 is 1.48 bits per heavy atom. The summed E-state index contributed by atoms with van der Waals surface area (Å²) in [6.07, 6.45) is 0.378. The predicted molar refractivity (Wildman–Crippen MR) is 88.8 cm³/mol. The van der Waals surface area contributed by atoms with Crippen molar-refractivity contribution in [2.75, 3.05) is 26.3 Å². The third-order valence-electron chi connectivity index (χ3n) is 4.04. The summed E-state index contributed by atoms with van der Waals surface area (Å²) in [5.41, 5.74) is 0.345. The van der Waals surface area contributed by atoms with E-state index in [2.05, 4.69) is 15.5 Å². The SMILES string of the molecule is CCOCC(=O)N[C@@H]1CN(C(=O)CCc2ccc(=O)[nH]n2)CC[C@H]1O. The van der Waals surface area contributed by atoms with Gasteiger partial charge in [0, 0.05) is 38.6 Å². The lowest BCUT2D eigenvalue weighted by atomic mass is 10.0. The Hall–Kier alpha value is -2.26. The molecular formula is C16H24N4O5. The molecule has 9 nitrogen and oxygen atoms in total. The van der Waals surface area contributed by atoms with Crippen molar-refractivity contribution in [3.05, 3.63) is 28.2 Å². The fourth-order valence-electron chi connectivity index (χ4n) is 2.66. The zero-order valence-electron chi connectivity index (χ0n) is 14.2. The molecule has 2 amide bonds. The van der Waals surface area contributed by atoms with E-state index in [1.807, 2.05) is 0 Å². The molecule has 0 radical (unpaired) electrons. The summed E-state index contributed by atoms with van der Waals surface area (Å²) in [7, 11) is 0. The molecule has 2 rings (SSSR count). The van der Waals surface area contributed by atoms with Crippen molar-refractivity contribution >= 4 is 11.8 Å². The Morgan fingerprint density at radius 2 is 2.28 bits per heavy atom. The second kappa shape index (κ2) is 9.28. The molecule has 2 atom stereocenters. The number of aromatic nitrogens is 2. The highest BCUT2D eigenvalue weighted by atomic mass is 16.5. The molecule has 1 fully saturated rings. The maximum absolute atomic E-state index is 12.4. The summed E-state index contributed by atoms with van der Waals surface area (Å²) in [4.78, 5) is 36.7. The molecule has 1 aromatic rings. The molecule has 0 saturated carbocycles. The molecule has 1 aliphatic rings. The molecule has 0 bridgehead atoms. The Balaban J connectivity index is 1.84. The number of H-pyrrole nitrogens is 1. The zero-order chi connectivity index (χ0) is 18.2. The number of carbonyl (C=O) groups is 2. The van der Waals surface area contributed by atoms with E-state index in [0.717, 1.165) is 0 Å². The number of aliphatic hydroxyl groups is 1. The van der Waals surface area contributed by atoms with Crippen LogP contribution in [0.1, 0.15) is 25.5 Å². The van der Waals surface area contributed by atoms with E-state index in [-0.39, 0.29) is 36.9 Å². The summed E-state index contributed by atoms with van der Waals surface area (Å²) >= 11 is 0. The molecule has 1 aliphatic heterocycles. The van der Waals surface area contributed by atoms with Crippen molar-refractivity contribution in [3.63, 3.8) is 0 Å². The van der Waals surface area contributed by atoms with E-state index in [0.29, 0.717) is 31.7 Å². The summed E-state index contributed by atoms with van der Waals surface area (Å²) in [6.45, 7) is 2.86. The first kappa shape index (κ1) is 19.1. The highest BCUT2D eigenvalue weighted by Crippen LogP contribution is 2.13. The largest absolute Gasteiger partial charge is 0.391 e. The van der Waals surface area contributed by atoms with Gasteiger partial charge in [0.25, 0.3) is 5.56 Å². The van der Waals surface area contributed by atoms with Gasteiger partial charge in [-0.05, 0) is 19.4 Å². The van der Waals surface area contributed by atoms with E-state index >= 15 is 0 Å². The Morgan fingerprint density at radius 3 is 2.96 bits per heavy atom. The van der Waals surface area contributed by atoms with E-state index in [9.17, 15) is 19.5 Å². The van der Waals surface area contributed by atoms with Gasteiger partial charge in [-0.3, -0.25) is 14.4 Å². The molecule has 9 heteroatoms. The normalized spacial score (nSPS) is 20.3. The van der Waals surface area contributed by atoms with Crippen molar-refractivity contribution in [1.82, 2.24) is 20.4 Å². The van der Waals surface area contributed by atoms with Crippen molar-refractivity contribution in [2.24, 2.45) is 0 Å². The summed E-state index contributed by atoms with van der Waals surface area (Å²) in [5.74, 6) is -0.387. The number of nitrogens with one attached hydrogen (secondary N) is 2. The van der Waals surface area contributed by atoms with E-state index < -0.39 is 12.1 Å². The van der Waals surface area contributed by atoms with Crippen LogP contribution in [-0.4, -0.2) is 70.5 Å². The number of aryl methyl sites for hydroxylation is 1. The third-order valence-corrected chi connectivity index (χ3v) is 4.04. The Kier molecular flexibility index (Phi) is 7.08. The average Bonchev–Trinajstić information content (AvgIpc) is 2.61. The molecule has 1 aromatic heterocycles. The van der Waals surface area contributed by atoms with Gasteiger partial charge in [0.1, 0.15) is 6.61 Å². The van der Waals surface area contributed by atoms with Crippen LogP contribution in [0.3, 0.4) is 0 Å². The maximum atomic E-state index is 12.4. The topological polar surface area (TPSA) is 125 Å². The van der Waals surface area contributed by atoms with Gasteiger partial charge >= 0.3 is 0 Å². The van der Waals surface area contributed by atoms with Crippen LogP contribution in [0.4, 0.5) is 0 Å². The van der Waals surface area contributed by atoms with Gasteiger partial charge in [-0.2, -0.15) is 5.10 Å². The second-order valence-corrected chi connectivity index (χ2v) is 5.92. The average molecular weight is 352 g/mol. The number of carbonyl (C=O) groups excluding carboxylic acids is 2. The number of aromatic amines is 1. The van der Waals surface area contributed by atoms with Gasteiger partial charge in [0.05, 0.1) is 17.8 Å². The van der Waals surface area contributed by atoms with Gasteiger partial charge in [-0.1, -0.05) is 0 Å².